The van der Waals surface area contributed by atoms with Crippen LogP contribution in [0.3, 0.4) is 0 Å². The summed E-state index contributed by atoms with van der Waals surface area (Å²) in [6.07, 6.45) is 2.01. The molecule has 3 unspecified atom stereocenters. The van der Waals surface area contributed by atoms with Crippen LogP contribution in [0.4, 0.5) is 5.82 Å². The van der Waals surface area contributed by atoms with Gasteiger partial charge in [-0.15, -0.1) is 0 Å². The van der Waals surface area contributed by atoms with Crippen molar-refractivity contribution in [3.63, 3.8) is 0 Å². The van der Waals surface area contributed by atoms with Crippen LogP contribution in [0.2, 0.25) is 5.02 Å². The fourth-order valence-corrected chi connectivity index (χ4v) is 3.71. The van der Waals surface area contributed by atoms with E-state index in [9.17, 15) is 5.11 Å². The molecule has 1 saturated heterocycles. The minimum absolute atomic E-state index is 0.110. The number of nitrogens with zero attached hydrogens (tertiary/aromatic N) is 2. The van der Waals surface area contributed by atoms with Gasteiger partial charge in [-0.05, 0) is 37.8 Å². The van der Waals surface area contributed by atoms with E-state index in [0.29, 0.717) is 11.8 Å². The topological polar surface area (TPSA) is 48.4 Å². The standard InChI is InChI=1S/C15H22ClN3O/c1-2-17-15-6-4-12(16)13(18-15)9-19-7-10-3-5-14(20)11(10)8-19/h4,6,10-11,14,20H,2-3,5,7-9H2,1H3,(H,17,18). The monoisotopic (exact) mass is 295 g/mol. The van der Waals surface area contributed by atoms with Crippen LogP contribution in [0, 0.1) is 11.8 Å². The van der Waals surface area contributed by atoms with Crippen LogP contribution in [0.15, 0.2) is 12.1 Å². The van der Waals surface area contributed by atoms with Crippen molar-refractivity contribution in [2.45, 2.75) is 32.4 Å². The SMILES string of the molecule is CCNc1ccc(Cl)c(CN2CC3CCC(O)C3C2)n1. The molecule has 4 nitrogen and oxygen atoms in total. The second-order valence-electron chi connectivity index (χ2n) is 5.92. The summed E-state index contributed by atoms with van der Waals surface area (Å²) < 4.78 is 0. The first-order valence-electron chi connectivity index (χ1n) is 7.47. The van der Waals surface area contributed by atoms with Gasteiger partial charge < -0.3 is 10.4 Å². The number of rotatable bonds is 4. The molecule has 2 heterocycles. The first kappa shape index (κ1) is 14.1. The maximum atomic E-state index is 9.97. The van der Waals surface area contributed by atoms with Gasteiger partial charge in [-0.3, -0.25) is 4.90 Å². The third kappa shape index (κ3) is 2.78. The number of nitrogens with one attached hydrogen (secondary N) is 1. The molecular formula is C15H22ClN3O. The second-order valence-corrected chi connectivity index (χ2v) is 6.33. The van der Waals surface area contributed by atoms with Crippen LogP contribution >= 0.6 is 11.6 Å². The lowest BCUT2D eigenvalue weighted by Crippen LogP contribution is -2.25. The smallest absolute Gasteiger partial charge is 0.126 e. The molecule has 5 heteroatoms. The summed E-state index contributed by atoms with van der Waals surface area (Å²) in [4.78, 5) is 6.97. The van der Waals surface area contributed by atoms with Crippen LogP contribution in [-0.4, -0.2) is 40.7 Å². The molecule has 2 aliphatic rings. The summed E-state index contributed by atoms with van der Waals surface area (Å²) in [6.45, 7) is 5.71. The molecule has 2 N–H and O–H groups in total. The Balaban J connectivity index is 1.68. The van der Waals surface area contributed by atoms with Gasteiger partial charge in [0.2, 0.25) is 0 Å². The van der Waals surface area contributed by atoms with Crippen LogP contribution in [0.25, 0.3) is 0 Å². The van der Waals surface area contributed by atoms with E-state index in [1.165, 1.54) is 0 Å². The number of pyridine rings is 1. The Morgan fingerprint density at radius 2 is 2.25 bits per heavy atom. The lowest BCUT2D eigenvalue weighted by atomic mass is 10.00. The molecule has 2 fully saturated rings. The van der Waals surface area contributed by atoms with Crippen molar-refractivity contribution < 1.29 is 5.11 Å². The van der Waals surface area contributed by atoms with Crippen molar-refractivity contribution in [2.75, 3.05) is 25.0 Å². The second kappa shape index (κ2) is 5.88. The predicted molar refractivity (Wildman–Crippen MR) is 80.9 cm³/mol. The number of hydrogen-bond acceptors (Lipinski definition) is 4. The third-order valence-corrected chi connectivity index (χ3v) is 4.89. The molecule has 0 bridgehead atoms. The maximum Gasteiger partial charge on any atom is 0.126 e. The van der Waals surface area contributed by atoms with E-state index in [1.807, 2.05) is 12.1 Å². The Labute approximate surface area is 125 Å². The van der Waals surface area contributed by atoms with E-state index in [-0.39, 0.29) is 6.10 Å². The highest BCUT2D eigenvalue weighted by atomic mass is 35.5. The summed E-state index contributed by atoms with van der Waals surface area (Å²) in [6, 6.07) is 3.82. The predicted octanol–water partition coefficient (Wildman–Crippen LogP) is 2.37. The molecule has 0 radical (unpaired) electrons. The lowest BCUT2D eigenvalue weighted by Gasteiger charge is -2.18. The molecule has 0 spiro atoms. The Hall–Kier alpha value is -0.840. The van der Waals surface area contributed by atoms with Crippen molar-refractivity contribution in [3.05, 3.63) is 22.8 Å². The number of anilines is 1. The van der Waals surface area contributed by atoms with Gasteiger partial charge in [0, 0.05) is 32.1 Å². The molecule has 3 atom stereocenters. The van der Waals surface area contributed by atoms with Crippen molar-refractivity contribution in [2.24, 2.45) is 11.8 Å². The Bertz CT molecular complexity index is 482. The third-order valence-electron chi connectivity index (χ3n) is 4.54. The summed E-state index contributed by atoms with van der Waals surface area (Å²) in [5.74, 6) is 1.98. The van der Waals surface area contributed by atoms with Crippen molar-refractivity contribution in [1.82, 2.24) is 9.88 Å². The zero-order valence-electron chi connectivity index (χ0n) is 11.8. The summed E-state index contributed by atoms with van der Waals surface area (Å²) in [5, 5.41) is 13.9. The molecule has 0 amide bonds. The average molecular weight is 296 g/mol. The van der Waals surface area contributed by atoms with Crippen LogP contribution in [-0.2, 0) is 6.54 Å². The highest BCUT2D eigenvalue weighted by molar-refractivity contribution is 6.31. The van der Waals surface area contributed by atoms with E-state index >= 15 is 0 Å². The van der Waals surface area contributed by atoms with Gasteiger partial charge in [-0.25, -0.2) is 4.98 Å². The molecule has 1 aliphatic carbocycles. The summed E-state index contributed by atoms with van der Waals surface area (Å²) in [7, 11) is 0. The number of fused-ring (bicyclic) bond motifs is 1. The fourth-order valence-electron chi connectivity index (χ4n) is 3.54. The average Bonchev–Trinajstić information content (AvgIpc) is 2.96. The number of likely N-dealkylation sites (tertiary alicyclic amines) is 1. The van der Waals surface area contributed by atoms with Crippen molar-refractivity contribution in [3.8, 4) is 0 Å². The Kier molecular flexibility index (Phi) is 4.15. The van der Waals surface area contributed by atoms with Crippen molar-refractivity contribution in [1.29, 1.82) is 0 Å². The van der Waals surface area contributed by atoms with E-state index in [4.69, 9.17) is 11.6 Å². The zero-order valence-corrected chi connectivity index (χ0v) is 12.6. The first-order valence-corrected chi connectivity index (χ1v) is 7.85. The number of halogens is 1. The van der Waals surface area contributed by atoms with E-state index < -0.39 is 0 Å². The lowest BCUT2D eigenvalue weighted by molar-refractivity contribution is 0.123. The summed E-state index contributed by atoms with van der Waals surface area (Å²) in [5.41, 5.74) is 0.930. The van der Waals surface area contributed by atoms with Gasteiger partial charge in [0.15, 0.2) is 0 Å². The van der Waals surface area contributed by atoms with Gasteiger partial charge >= 0.3 is 0 Å². The minimum atomic E-state index is -0.110. The molecule has 1 aliphatic heterocycles. The molecule has 1 aromatic heterocycles. The quantitative estimate of drug-likeness (QED) is 0.895. The van der Waals surface area contributed by atoms with Crippen LogP contribution < -0.4 is 5.32 Å². The number of hydrogen-bond donors (Lipinski definition) is 2. The van der Waals surface area contributed by atoms with Gasteiger partial charge in [-0.2, -0.15) is 0 Å². The molecule has 110 valence electrons. The molecular weight excluding hydrogens is 274 g/mol. The normalized spacial score (nSPS) is 29.6. The molecule has 3 rings (SSSR count). The fraction of sp³-hybridized carbons (Fsp3) is 0.667. The highest BCUT2D eigenvalue weighted by Crippen LogP contribution is 2.38. The zero-order chi connectivity index (χ0) is 14.1. The molecule has 1 aromatic rings. The van der Waals surface area contributed by atoms with Crippen LogP contribution in [0.5, 0.6) is 0 Å². The van der Waals surface area contributed by atoms with E-state index in [2.05, 4.69) is 22.1 Å². The Morgan fingerprint density at radius 3 is 3.00 bits per heavy atom. The first-order chi connectivity index (χ1) is 9.67. The highest BCUT2D eigenvalue weighted by Gasteiger charge is 2.41. The number of aliphatic hydroxyl groups is 1. The maximum absolute atomic E-state index is 9.97. The number of aliphatic hydroxyl groups excluding tert-OH is 1. The van der Waals surface area contributed by atoms with Gasteiger partial charge in [0.05, 0.1) is 16.8 Å². The summed E-state index contributed by atoms with van der Waals surface area (Å²) >= 11 is 6.26. The van der Waals surface area contributed by atoms with E-state index in [0.717, 1.165) is 55.6 Å². The number of aromatic nitrogens is 1. The van der Waals surface area contributed by atoms with Crippen molar-refractivity contribution >= 4 is 17.4 Å². The minimum Gasteiger partial charge on any atom is -0.393 e. The van der Waals surface area contributed by atoms with E-state index in [1.54, 1.807) is 0 Å². The van der Waals surface area contributed by atoms with Gasteiger partial charge in [0.25, 0.3) is 0 Å². The molecule has 0 aromatic carbocycles. The Morgan fingerprint density at radius 1 is 1.40 bits per heavy atom. The molecule has 20 heavy (non-hydrogen) atoms. The van der Waals surface area contributed by atoms with Gasteiger partial charge in [-0.1, -0.05) is 11.6 Å². The largest absolute Gasteiger partial charge is 0.393 e. The molecule has 1 saturated carbocycles. The van der Waals surface area contributed by atoms with Gasteiger partial charge in [0.1, 0.15) is 5.82 Å². The van der Waals surface area contributed by atoms with Crippen LogP contribution in [0.1, 0.15) is 25.5 Å².